The minimum Gasteiger partial charge on any atom is -0.497 e. The number of amides is 3. The molecule has 2 saturated heterocycles. The number of benzene rings is 1. The maximum absolute atomic E-state index is 13.1. The molecule has 9 heteroatoms. The molecule has 2 unspecified atom stereocenters. The molecular formula is C23H34N4O5. The Morgan fingerprint density at radius 3 is 2.50 bits per heavy atom. The summed E-state index contributed by atoms with van der Waals surface area (Å²) in [6.07, 6.45) is 1.07. The van der Waals surface area contributed by atoms with Gasteiger partial charge in [0.15, 0.2) is 0 Å². The maximum atomic E-state index is 13.1. The molecule has 0 aromatic heterocycles. The minimum atomic E-state index is -0.390. The second-order valence-corrected chi connectivity index (χ2v) is 8.42. The normalized spacial score (nSPS) is 20.2. The number of methoxy groups -OCH3 is 2. The van der Waals surface area contributed by atoms with Crippen molar-refractivity contribution in [3.8, 4) is 11.5 Å². The van der Waals surface area contributed by atoms with Crippen LogP contribution in [0.1, 0.15) is 26.7 Å². The summed E-state index contributed by atoms with van der Waals surface area (Å²) in [4.78, 5) is 43.4. The number of ether oxygens (including phenoxy) is 2. The summed E-state index contributed by atoms with van der Waals surface area (Å²) in [6, 6.07) is 5.45. The molecule has 2 aliphatic rings. The first-order valence-electron chi connectivity index (χ1n) is 11.2. The number of carbonyl (C=O) groups is 3. The molecule has 1 aromatic carbocycles. The molecule has 3 rings (SSSR count). The maximum Gasteiger partial charge on any atom is 0.234 e. The van der Waals surface area contributed by atoms with E-state index in [0.717, 1.165) is 6.42 Å². The van der Waals surface area contributed by atoms with Crippen molar-refractivity contribution in [2.24, 2.45) is 5.92 Å². The number of nitrogens with zero attached hydrogens (tertiary/aromatic N) is 3. The van der Waals surface area contributed by atoms with Crippen LogP contribution in [-0.4, -0.2) is 87.1 Å². The second kappa shape index (κ2) is 10.7. The van der Waals surface area contributed by atoms with Crippen LogP contribution in [0.15, 0.2) is 18.2 Å². The standard InChI is InChI=1S/C23H34N4O5/c1-5-16(2)24-21(28)15-25-8-10-26(11-9-25)23(30)17-12-22(29)27(14-17)19-13-18(31-3)6-7-20(19)32-4/h6-7,13,16-17H,5,8-12,14-15H2,1-4H3,(H,24,28). The highest BCUT2D eigenvalue weighted by Crippen LogP contribution is 2.36. The lowest BCUT2D eigenvalue weighted by Crippen LogP contribution is -2.53. The molecule has 0 saturated carbocycles. The van der Waals surface area contributed by atoms with E-state index in [4.69, 9.17) is 9.47 Å². The van der Waals surface area contributed by atoms with Gasteiger partial charge in [-0.15, -0.1) is 0 Å². The summed E-state index contributed by atoms with van der Waals surface area (Å²) in [5, 5.41) is 2.98. The molecule has 2 fully saturated rings. The van der Waals surface area contributed by atoms with E-state index >= 15 is 0 Å². The average Bonchev–Trinajstić information content (AvgIpc) is 3.19. The predicted molar refractivity (Wildman–Crippen MR) is 121 cm³/mol. The molecule has 1 aromatic rings. The number of anilines is 1. The fourth-order valence-corrected chi connectivity index (χ4v) is 4.12. The zero-order valence-corrected chi connectivity index (χ0v) is 19.4. The van der Waals surface area contributed by atoms with Crippen LogP contribution in [0.4, 0.5) is 5.69 Å². The van der Waals surface area contributed by atoms with Crippen LogP contribution in [0.5, 0.6) is 11.5 Å². The van der Waals surface area contributed by atoms with Crippen molar-refractivity contribution in [3.05, 3.63) is 18.2 Å². The van der Waals surface area contributed by atoms with Gasteiger partial charge in [0, 0.05) is 51.3 Å². The lowest BCUT2D eigenvalue weighted by Gasteiger charge is -2.35. The molecule has 1 N–H and O–H groups in total. The molecular weight excluding hydrogens is 412 g/mol. The molecule has 0 spiro atoms. The number of carbonyl (C=O) groups excluding carboxylic acids is 3. The number of hydrogen-bond acceptors (Lipinski definition) is 6. The van der Waals surface area contributed by atoms with E-state index in [1.165, 1.54) is 0 Å². The van der Waals surface area contributed by atoms with E-state index in [9.17, 15) is 14.4 Å². The third-order valence-electron chi connectivity index (χ3n) is 6.22. The van der Waals surface area contributed by atoms with Gasteiger partial charge < -0.3 is 24.6 Å². The van der Waals surface area contributed by atoms with Crippen molar-refractivity contribution in [3.63, 3.8) is 0 Å². The molecule has 2 heterocycles. The molecule has 2 atom stereocenters. The summed E-state index contributed by atoms with van der Waals surface area (Å²) in [6.45, 7) is 7.10. The topological polar surface area (TPSA) is 91.4 Å². The summed E-state index contributed by atoms with van der Waals surface area (Å²) < 4.78 is 10.7. The number of rotatable bonds is 8. The van der Waals surface area contributed by atoms with Crippen molar-refractivity contribution >= 4 is 23.4 Å². The Morgan fingerprint density at radius 1 is 1.16 bits per heavy atom. The molecule has 9 nitrogen and oxygen atoms in total. The van der Waals surface area contributed by atoms with E-state index in [1.54, 1.807) is 37.3 Å². The third-order valence-corrected chi connectivity index (χ3v) is 6.22. The van der Waals surface area contributed by atoms with E-state index in [-0.39, 0.29) is 30.2 Å². The smallest absolute Gasteiger partial charge is 0.234 e. The number of piperazine rings is 1. The Balaban J connectivity index is 1.56. The summed E-state index contributed by atoms with van der Waals surface area (Å²) >= 11 is 0. The first-order chi connectivity index (χ1) is 15.4. The largest absolute Gasteiger partial charge is 0.497 e. The van der Waals surface area contributed by atoms with E-state index in [0.29, 0.717) is 56.5 Å². The van der Waals surface area contributed by atoms with Crippen molar-refractivity contribution < 1.29 is 23.9 Å². The number of hydrogen-bond donors (Lipinski definition) is 1. The summed E-state index contributed by atoms with van der Waals surface area (Å²) in [5.41, 5.74) is 0.615. The summed E-state index contributed by atoms with van der Waals surface area (Å²) in [5.74, 6) is 0.706. The van der Waals surface area contributed by atoms with Crippen molar-refractivity contribution in [1.29, 1.82) is 0 Å². The fraction of sp³-hybridized carbons (Fsp3) is 0.609. The van der Waals surface area contributed by atoms with Gasteiger partial charge in [-0.25, -0.2) is 0 Å². The van der Waals surface area contributed by atoms with Gasteiger partial charge in [0.2, 0.25) is 17.7 Å². The Bertz CT molecular complexity index is 838. The molecule has 176 valence electrons. The fourth-order valence-electron chi connectivity index (χ4n) is 4.12. The van der Waals surface area contributed by atoms with E-state index in [2.05, 4.69) is 10.2 Å². The zero-order valence-electron chi connectivity index (χ0n) is 19.4. The summed E-state index contributed by atoms with van der Waals surface area (Å²) in [7, 11) is 3.12. The average molecular weight is 447 g/mol. The van der Waals surface area contributed by atoms with Gasteiger partial charge in [-0.05, 0) is 25.5 Å². The molecule has 3 amide bonds. The second-order valence-electron chi connectivity index (χ2n) is 8.42. The van der Waals surface area contributed by atoms with Gasteiger partial charge in [-0.1, -0.05) is 6.92 Å². The molecule has 2 aliphatic heterocycles. The van der Waals surface area contributed by atoms with Crippen LogP contribution >= 0.6 is 0 Å². The number of nitrogens with one attached hydrogen (secondary N) is 1. The van der Waals surface area contributed by atoms with Crippen LogP contribution in [-0.2, 0) is 14.4 Å². The predicted octanol–water partition coefficient (Wildman–Crippen LogP) is 1.12. The molecule has 0 bridgehead atoms. The Morgan fingerprint density at radius 2 is 1.88 bits per heavy atom. The first-order valence-corrected chi connectivity index (χ1v) is 11.2. The third kappa shape index (κ3) is 5.51. The van der Waals surface area contributed by atoms with Gasteiger partial charge in [0.05, 0.1) is 32.4 Å². The SMILES string of the molecule is CCC(C)NC(=O)CN1CCN(C(=O)C2CC(=O)N(c3cc(OC)ccc3OC)C2)CC1. The van der Waals surface area contributed by atoms with E-state index in [1.807, 2.05) is 18.7 Å². The van der Waals surface area contributed by atoms with Crippen LogP contribution in [0.2, 0.25) is 0 Å². The lowest BCUT2D eigenvalue weighted by molar-refractivity contribution is -0.137. The first kappa shape index (κ1) is 23.8. The highest BCUT2D eigenvalue weighted by atomic mass is 16.5. The van der Waals surface area contributed by atoms with Crippen LogP contribution in [0.25, 0.3) is 0 Å². The monoisotopic (exact) mass is 446 g/mol. The highest BCUT2D eigenvalue weighted by Gasteiger charge is 2.39. The van der Waals surface area contributed by atoms with Crippen LogP contribution in [0, 0.1) is 5.92 Å². The Hall–Kier alpha value is -2.81. The molecule has 0 aliphatic carbocycles. The van der Waals surface area contributed by atoms with E-state index < -0.39 is 5.92 Å². The van der Waals surface area contributed by atoms with Gasteiger partial charge in [-0.2, -0.15) is 0 Å². The molecule has 32 heavy (non-hydrogen) atoms. The highest BCUT2D eigenvalue weighted by molar-refractivity contribution is 6.01. The van der Waals surface area contributed by atoms with Gasteiger partial charge in [-0.3, -0.25) is 19.3 Å². The Labute approximate surface area is 189 Å². The molecule has 0 radical (unpaired) electrons. The van der Waals surface area contributed by atoms with Crippen molar-refractivity contribution in [2.45, 2.75) is 32.7 Å². The minimum absolute atomic E-state index is 0.00794. The van der Waals surface area contributed by atoms with Crippen molar-refractivity contribution in [2.75, 3.05) is 58.4 Å². The zero-order chi connectivity index (χ0) is 23.3. The quantitative estimate of drug-likeness (QED) is 0.644. The van der Waals surface area contributed by atoms with Crippen molar-refractivity contribution in [1.82, 2.24) is 15.1 Å². The van der Waals surface area contributed by atoms with Crippen LogP contribution in [0.3, 0.4) is 0 Å². The van der Waals surface area contributed by atoms with Gasteiger partial charge >= 0.3 is 0 Å². The van der Waals surface area contributed by atoms with Gasteiger partial charge in [0.25, 0.3) is 0 Å². The van der Waals surface area contributed by atoms with Crippen LogP contribution < -0.4 is 19.7 Å². The lowest BCUT2D eigenvalue weighted by atomic mass is 10.1. The van der Waals surface area contributed by atoms with Gasteiger partial charge in [0.1, 0.15) is 11.5 Å². The Kier molecular flexibility index (Phi) is 7.95.